The van der Waals surface area contributed by atoms with Crippen LogP contribution >= 0.6 is 0 Å². The van der Waals surface area contributed by atoms with Crippen LogP contribution in [0.2, 0.25) is 0 Å². The molecule has 26 heavy (non-hydrogen) atoms. The SMILES string of the molecule is CCc1oc2ccccc2c1CN(C)C(=O)CCc1cccc(OC)c1. The molecule has 3 rings (SSSR count). The van der Waals surface area contributed by atoms with Gasteiger partial charge in [0, 0.05) is 37.4 Å². The number of para-hydroxylation sites is 1. The summed E-state index contributed by atoms with van der Waals surface area (Å²) in [6, 6.07) is 15.9. The van der Waals surface area contributed by atoms with Crippen molar-refractivity contribution in [3.63, 3.8) is 0 Å². The highest BCUT2D eigenvalue weighted by Crippen LogP contribution is 2.27. The van der Waals surface area contributed by atoms with Gasteiger partial charge in [0.25, 0.3) is 0 Å². The lowest BCUT2D eigenvalue weighted by Crippen LogP contribution is -2.26. The van der Waals surface area contributed by atoms with Gasteiger partial charge < -0.3 is 14.1 Å². The van der Waals surface area contributed by atoms with Crippen LogP contribution in [0.5, 0.6) is 5.75 Å². The van der Waals surface area contributed by atoms with Crippen molar-refractivity contribution in [2.24, 2.45) is 0 Å². The van der Waals surface area contributed by atoms with E-state index in [2.05, 4.69) is 13.0 Å². The Hall–Kier alpha value is -2.75. The first-order valence-electron chi connectivity index (χ1n) is 8.98. The van der Waals surface area contributed by atoms with Gasteiger partial charge >= 0.3 is 0 Å². The van der Waals surface area contributed by atoms with Crippen molar-refractivity contribution in [1.29, 1.82) is 0 Å². The van der Waals surface area contributed by atoms with Crippen LogP contribution in [0.1, 0.15) is 30.2 Å². The third-order valence-corrected chi connectivity index (χ3v) is 4.69. The first-order chi connectivity index (χ1) is 12.6. The minimum atomic E-state index is 0.125. The standard InChI is InChI=1S/C22H25NO3/c1-4-20-19(18-10-5-6-11-21(18)26-20)15-23(2)22(24)13-12-16-8-7-9-17(14-16)25-3/h5-11,14H,4,12-13,15H2,1-3H3. The van der Waals surface area contributed by atoms with Crippen molar-refractivity contribution in [2.45, 2.75) is 32.7 Å². The maximum absolute atomic E-state index is 12.6. The van der Waals surface area contributed by atoms with E-state index in [1.807, 2.05) is 49.5 Å². The molecular weight excluding hydrogens is 326 g/mol. The van der Waals surface area contributed by atoms with Gasteiger partial charge in [-0.15, -0.1) is 0 Å². The average Bonchev–Trinajstić information content (AvgIpc) is 3.03. The van der Waals surface area contributed by atoms with Crippen molar-refractivity contribution >= 4 is 16.9 Å². The van der Waals surface area contributed by atoms with Crippen molar-refractivity contribution in [1.82, 2.24) is 4.90 Å². The number of amides is 1. The van der Waals surface area contributed by atoms with Crippen LogP contribution in [-0.4, -0.2) is 25.0 Å². The van der Waals surface area contributed by atoms with E-state index >= 15 is 0 Å². The van der Waals surface area contributed by atoms with E-state index in [1.165, 1.54) is 0 Å². The Morgan fingerprint density at radius 1 is 1.15 bits per heavy atom. The summed E-state index contributed by atoms with van der Waals surface area (Å²) < 4.78 is 11.2. The van der Waals surface area contributed by atoms with Gasteiger partial charge in [0.1, 0.15) is 17.1 Å². The van der Waals surface area contributed by atoms with Gasteiger partial charge in [0.15, 0.2) is 0 Å². The molecule has 1 amide bonds. The van der Waals surface area contributed by atoms with Crippen LogP contribution in [0, 0.1) is 0 Å². The fourth-order valence-corrected chi connectivity index (χ4v) is 3.20. The van der Waals surface area contributed by atoms with E-state index in [0.29, 0.717) is 19.4 Å². The maximum atomic E-state index is 12.6. The van der Waals surface area contributed by atoms with Gasteiger partial charge in [-0.2, -0.15) is 0 Å². The van der Waals surface area contributed by atoms with Crippen molar-refractivity contribution in [3.05, 3.63) is 65.4 Å². The van der Waals surface area contributed by atoms with E-state index in [9.17, 15) is 4.79 Å². The topological polar surface area (TPSA) is 42.7 Å². The Morgan fingerprint density at radius 3 is 2.73 bits per heavy atom. The molecule has 0 fully saturated rings. The summed E-state index contributed by atoms with van der Waals surface area (Å²) in [6.07, 6.45) is 1.99. The monoisotopic (exact) mass is 351 g/mol. The molecule has 4 nitrogen and oxygen atoms in total. The van der Waals surface area contributed by atoms with Gasteiger partial charge in [-0.25, -0.2) is 0 Å². The van der Waals surface area contributed by atoms with Crippen molar-refractivity contribution < 1.29 is 13.9 Å². The van der Waals surface area contributed by atoms with Crippen molar-refractivity contribution in [2.75, 3.05) is 14.2 Å². The highest BCUT2D eigenvalue weighted by Gasteiger charge is 2.17. The van der Waals surface area contributed by atoms with Crippen LogP contribution < -0.4 is 4.74 Å². The molecule has 0 radical (unpaired) electrons. The summed E-state index contributed by atoms with van der Waals surface area (Å²) in [6.45, 7) is 2.64. The molecule has 0 aliphatic heterocycles. The fourth-order valence-electron chi connectivity index (χ4n) is 3.20. The highest BCUT2D eigenvalue weighted by molar-refractivity contribution is 5.83. The number of nitrogens with zero attached hydrogens (tertiary/aromatic N) is 1. The molecular formula is C22H25NO3. The Morgan fingerprint density at radius 2 is 1.96 bits per heavy atom. The molecule has 0 aliphatic rings. The van der Waals surface area contributed by atoms with Crippen molar-refractivity contribution in [3.8, 4) is 5.75 Å². The molecule has 136 valence electrons. The number of rotatable bonds is 7. The Bertz CT molecular complexity index is 897. The largest absolute Gasteiger partial charge is 0.497 e. The third-order valence-electron chi connectivity index (χ3n) is 4.69. The second-order valence-electron chi connectivity index (χ2n) is 6.45. The summed E-state index contributed by atoms with van der Waals surface area (Å²) in [5, 5.41) is 1.09. The number of hydrogen-bond donors (Lipinski definition) is 0. The average molecular weight is 351 g/mol. The van der Waals surface area contributed by atoms with Crippen LogP contribution in [0.25, 0.3) is 11.0 Å². The molecule has 0 atom stereocenters. The molecule has 0 aliphatic carbocycles. The van der Waals surface area contributed by atoms with Gasteiger partial charge in [0.05, 0.1) is 7.11 Å². The molecule has 0 spiro atoms. The fraction of sp³-hybridized carbons (Fsp3) is 0.318. The van der Waals surface area contributed by atoms with Crippen LogP contribution in [-0.2, 0) is 24.2 Å². The lowest BCUT2D eigenvalue weighted by Gasteiger charge is -2.17. The molecule has 2 aromatic carbocycles. The second kappa shape index (κ2) is 8.09. The lowest BCUT2D eigenvalue weighted by atomic mass is 10.1. The predicted molar refractivity (Wildman–Crippen MR) is 103 cm³/mol. The lowest BCUT2D eigenvalue weighted by molar-refractivity contribution is -0.130. The zero-order chi connectivity index (χ0) is 18.5. The number of furan rings is 1. The minimum absolute atomic E-state index is 0.125. The number of fused-ring (bicyclic) bond motifs is 1. The van der Waals surface area contributed by atoms with E-state index in [1.54, 1.807) is 12.0 Å². The summed E-state index contributed by atoms with van der Waals surface area (Å²) >= 11 is 0. The van der Waals surface area contributed by atoms with Crippen LogP contribution in [0.3, 0.4) is 0 Å². The quantitative estimate of drug-likeness (QED) is 0.625. The normalized spacial score (nSPS) is 10.9. The van der Waals surface area contributed by atoms with Crippen LogP contribution in [0.15, 0.2) is 52.9 Å². The highest BCUT2D eigenvalue weighted by atomic mass is 16.5. The number of aryl methyl sites for hydroxylation is 2. The molecule has 0 saturated carbocycles. The Labute approximate surface area is 154 Å². The first kappa shape index (κ1) is 18.1. The molecule has 3 aromatic rings. The molecule has 0 N–H and O–H groups in total. The van der Waals surface area contributed by atoms with E-state index in [4.69, 9.17) is 9.15 Å². The number of carbonyl (C=O) groups is 1. The number of benzene rings is 2. The predicted octanol–water partition coefficient (Wildman–Crippen LogP) is 4.60. The number of methoxy groups -OCH3 is 1. The van der Waals surface area contributed by atoms with E-state index < -0.39 is 0 Å². The molecule has 0 saturated heterocycles. The van der Waals surface area contributed by atoms with Gasteiger partial charge in [-0.3, -0.25) is 4.79 Å². The first-order valence-corrected chi connectivity index (χ1v) is 8.98. The summed E-state index contributed by atoms with van der Waals surface area (Å²) in [5.41, 5.74) is 3.10. The molecule has 0 unspecified atom stereocenters. The summed E-state index contributed by atoms with van der Waals surface area (Å²) in [4.78, 5) is 14.4. The summed E-state index contributed by atoms with van der Waals surface area (Å²) in [5.74, 6) is 1.90. The minimum Gasteiger partial charge on any atom is -0.497 e. The molecule has 0 bridgehead atoms. The Balaban J connectivity index is 1.67. The smallest absolute Gasteiger partial charge is 0.222 e. The Kier molecular flexibility index (Phi) is 5.61. The zero-order valence-corrected chi connectivity index (χ0v) is 15.6. The van der Waals surface area contributed by atoms with Gasteiger partial charge in [-0.05, 0) is 30.2 Å². The van der Waals surface area contributed by atoms with Gasteiger partial charge in [0.2, 0.25) is 5.91 Å². The third kappa shape index (κ3) is 3.90. The molecule has 1 aromatic heterocycles. The van der Waals surface area contributed by atoms with E-state index in [-0.39, 0.29) is 5.91 Å². The number of carbonyl (C=O) groups excluding carboxylic acids is 1. The number of ether oxygens (including phenoxy) is 1. The second-order valence-corrected chi connectivity index (χ2v) is 6.45. The number of hydrogen-bond acceptors (Lipinski definition) is 3. The van der Waals surface area contributed by atoms with E-state index in [0.717, 1.165) is 40.0 Å². The molecule has 1 heterocycles. The zero-order valence-electron chi connectivity index (χ0n) is 15.6. The summed E-state index contributed by atoms with van der Waals surface area (Å²) in [7, 11) is 3.51. The van der Waals surface area contributed by atoms with Crippen LogP contribution in [0.4, 0.5) is 0 Å². The van der Waals surface area contributed by atoms with Gasteiger partial charge in [-0.1, -0.05) is 37.3 Å². The maximum Gasteiger partial charge on any atom is 0.222 e. The molecule has 4 heteroatoms.